The summed E-state index contributed by atoms with van der Waals surface area (Å²) in [6.07, 6.45) is 1.22. The van der Waals surface area contributed by atoms with Gasteiger partial charge in [-0.15, -0.1) is 0 Å². The quantitative estimate of drug-likeness (QED) is 0.705. The van der Waals surface area contributed by atoms with Gasteiger partial charge in [-0.1, -0.05) is 6.92 Å². The maximum Gasteiger partial charge on any atom is 0.319 e. The highest BCUT2D eigenvalue weighted by Gasteiger charge is 2.23. The van der Waals surface area contributed by atoms with E-state index in [1.807, 2.05) is 20.8 Å². The molecule has 116 valence electrons. The fourth-order valence-corrected chi connectivity index (χ4v) is 2.15. The molecule has 1 atom stereocenters. The van der Waals surface area contributed by atoms with E-state index in [2.05, 4.69) is 10.6 Å². The Morgan fingerprint density at radius 2 is 2.00 bits per heavy atom. The summed E-state index contributed by atoms with van der Waals surface area (Å²) in [5, 5.41) is 14.7. The molecular weight excluding hydrogens is 268 g/mol. The molecule has 0 heterocycles. The van der Waals surface area contributed by atoms with Crippen LogP contribution in [0.3, 0.4) is 0 Å². The van der Waals surface area contributed by atoms with Crippen LogP contribution in [0.2, 0.25) is 0 Å². The number of nitrogens with one attached hydrogen (secondary N) is 2. The fourth-order valence-electron chi connectivity index (χ4n) is 2.15. The highest BCUT2D eigenvalue weighted by molar-refractivity contribution is 5.97. The third kappa shape index (κ3) is 4.86. The summed E-state index contributed by atoms with van der Waals surface area (Å²) >= 11 is 0. The van der Waals surface area contributed by atoms with E-state index in [1.165, 1.54) is 6.92 Å². The van der Waals surface area contributed by atoms with Crippen molar-refractivity contribution in [2.75, 3.05) is 11.9 Å². The van der Waals surface area contributed by atoms with Crippen LogP contribution >= 0.6 is 0 Å². The Morgan fingerprint density at radius 3 is 2.48 bits per heavy atom. The number of carbonyl (C=O) groups excluding carboxylic acids is 2. The number of Topliss-reactive ketones (excluding diaryl/α,β-unsaturated/α-hetero) is 1. The minimum absolute atomic E-state index is 0.00463. The third-order valence-electron chi connectivity index (χ3n) is 3.72. The predicted octanol–water partition coefficient (Wildman–Crippen LogP) is 2.87. The number of amides is 2. The number of aliphatic hydroxyl groups excluding tert-OH is 1. The number of benzene rings is 1. The number of aryl methyl sites for hydroxylation is 1. The van der Waals surface area contributed by atoms with Gasteiger partial charge in [0.05, 0.1) is 0 Å². The second-order valence-corrected chi connectivity index (χ2v) is 5.55. The minimum atomic E-state index is -0.437. The number of ketones is 1. The lowest BCUT2D eigenvalue weighted by Crippen LogP contribution is -2.48. The molecule has 5 nitrogen and oxygen atoms in total. The lowest BCUT2D eigenvalue weighted by Gasteiger charge is -2.29. The number of urea groups is 1. The van der Waals surface area contributed by atoms with E-state index in [9.17, 15) is 9.59 Å². The smallest absolute Gasteiger partial charge is 0.319 e. The van der Waals surface area contributed by atoms with Gasteiger partial charge in [0.2, 0.25) is 0 Å². The molecule has 1 unspecified atom stereocenters. The lowest BCUT2D eigenvalue weighted by molar-refractivity contribution is 0.101. The maximum atomic E-state index is 12.0. The van der Waals surface area contributed by atoms with Gasteiger partial charge in [-0.25, -0.2) is 4.79 Å². The molecule has 0 spiro atoms. The van der Waals surface area contributed by atoms with Crippen LogP contribution in [0.25, 0.3) is 0 Å². The molecule has 0 saturated heterocycles. The molecule has 5 heteroatoms. The summed E-state index contributed by atoms with van der Waals surface area (Å²) in [4.78, 5) is 23.4. The summed E-state index contributed by atoms with van der Waals surface area (Å²) in [5.41, 5.74) is 1.68. The van der Waals surface area contributed by atoms with Crippen molar-refractivity contribution in [3.8, 4) is 0 Å². The first kappa shape index (κ1) is 17.2. The molecule has 0 radical (unpaired) electrons. The first-order chi connectivity index (χ1) is 9.81. The van der Waals surface area contributed by atoms with Crippen LogP contribution < -0.4 is 10.6 Å². The Labute approximate surface area is 125 Å². The molecular formula is C16H24N2O3. The second kappa shape index (κ2) is 7.22. The lowest BCUT2D eigenvalue weighted by atomic mass is 9.95. The van der Waals surface area contributed by atoms with E-state index in [1.54, 1.807) is 18.2 Å². The summed E-state index contributed by atoms with van der Waals surface area (Å²) in [5.74, 6) is 0.00463. The van der Waals surface area contributed by atoms with Crippen molar-refractivity contribution in [1.82, 2.24) is 5.32 Å². The monoisotopic (exact) mass is 292 g/mol. The van der Waals surface area contributed by atoms with Crippen molar-refractivity contribution in [3.05, 3.63) is 29.3 Å². The van der Waals surface area contributed by atoms with Gasteiger partial charge in [-0.2, -0.15) is 0 Å². The van der Waals surface area contributed by atoms with Crippen LogP contribution in [0.1, 0.15) is 49.5 Å². The highest BCUT2D eigenvalue weighted by atomic mass is 16.3. The van der Waals surface area contributed by atoms with Crippen LogP contribution in [0.15, 0.2) is 18.2 Å². The molecule has 1 rings (SSSR count). The third-order valence-corrected chi connectivity index (χ3v) is 3.72. The topological polar surface area (TPSA) is 78.4 Å². The van der Waals surface area contributed by atoms with Gasteiger partial charge in [0.1, 0.15) is 0 Å². The van der Waals surface area contributed by atoms with Crippen LogP contribution in [-0.4, -0.2) is 29.1 Å². The highest BCUT2D eigenvalue weighted by Crippen LogP contribution is 2.17. The summed E-state index contributed by atoms with van der Waals surface area (Å²) in [6.45, 7) is 7.23. The number of rotatable bonds is 6. The molecule has 3 N–H and O–H groups in total. The van der Waals surface area contributed by atoms with Crippen LogP contribution in [0, 0.1) is 6.92 Å². The Bertz CT molecular complexity index is 528. The molecule has 21 heavy (non-hydrogen) atoms. The van der Waals surface area contributed by atoms with Gasteiger partial charge in [0, 0.05) is 23.4 Å². The normalized spacial score (nSPS) is 13.4. The van der Waals surface area contributed by atoms with Crippen molar-refractivity contribution < 1.29 is 14.7 Å². The standard InChI is InChI=1S/C16H24N2O3/c1-5-16(4,8-9-19)18-15(21)17-13-6-7-14(12(3)20)11(2)10-13/h6-7,10,19H,5,8-9H2,1-4H3,(H2,17,18,21). The van der Waals surface area contributed by atoms with Gasteiger partial charge in [0.15, 0.2) is 5.78 Å². The number of anilines is 1. The molecule has 0 bridgehead atoms. The largest absolute Gasteiger partial charge is 0.396 e. The average Bonchev–Trinajstić information content (AvgIpc) is 2.38. The first-order valence-electron chi connectivity index (χ1n) is 7.13. The molecule has 0 aliphatic carbocycles. The Hall–Kier alpha value is -1.88. The number of hydrogen-bond donors (Lipinski definition) is 3. The molecule has 0 aliphatic rings. The van der Waals surface area contributed by atoms with E-state index in [-0.39, 0.29) is 18.4 Å². The molecule has 1 aromatic rings. The second-order valence-electron chi connectivity index (χ2n) is 5.55. The van der Waals surface area contributed by atoms with Gasteiger partial charge < -0.3 is 15.7 Å². The van der Waals surface area contributed by atoms with E-state index in [4.69, 9.17) is 5.11 Å². The Morgan fingerprint density at radius 1 is 1.33 bits per heavy atom. The van der Waals surface area contributed by atoms with E-state index < -0.39 is 5.54 Å². The van der Waals surface area contributed by atoms with Gasteiger partial charge in [0.25, 0.3) is 0 Å². The van der Waals surface area contributed by atoms with Crippen LogP contribution in [-0.2, 0) is 0 Å². The molecule has 0 aromatic heterocycles. The number of carbonyl (C=O) groups is 2. The van der Waals surface area contributed by atoms with Gasteiger partial charge >= 0.3 is 6.03 Å². The van der Waals surface area contributed by atoms with E-state index >= 15 is 0 Å². The molecule has 0 fully saturated rings. The Balaban J connectivity index is 2.75. The molecule has 1 aromatic carbocycles. The van der Waals surface area contributed by atoms with Crippen molar-refractivity contribution in [3.63, 3.8) is 0 Å². The van der Waals surface area contributed by atoms with E-state index in [0.29, 0.717) is 17.7 Å². The summed E-state index contributed by atoms with van der Waals surface area (Å²) in [6, 6.07) is 4.87. The zero-order chi connectivity index (χ0) is 16.0. The van der Waals surface area contributed by atoms with Crippen molar-refractivity contribution >= 4 is 17.5 Å². The fraction of sp³-hybridized carbons (Fsp3) is 0.500. The maximum absolute atomic E-state index is 12.0. The predicted molar refractivity (Wildman–Crippen MR) is 83.7 cm³/mol. The summed E-state index contributed by atoms with van der Waals surface area (Å²) < 4.78 is 0. The first-order valence-corrected chi connectivity index (χ1v) is 7.13. The molecule has 0 aliphatic heterocycles. The Kier molecular flexibility index (Phi) is 5.90. The van der Waals surface area contributed by atoms with Crippen LogP contribution in [0.4, 0.5) is 10.5 Å². The van der Waals surface area contributed by atoms with E-state index in [0.717, 1.165) is 12.0 Å². The SMILES string of the molecule is CCC(C)(CCO)NC(=O)Nc1ccc(C(C)=O)c(C)c1. The van der Waals surface area contributed by atoms with Crippen molar-refractivity contribution in [2.45, 2.75) is 46.1 Å². The molecule has 2 amide bonds. The van der Waals surface area contributed by atoms with Gasteiger partial charge in [-0.05, 0) is 57.4 Å². The summed E-state index contributed by atoms with van der Waals surface area (Å²) in [7, 11) is 0. The van der Waals surface area contributed by atoms with Crippen molar-refractivity contribution in [2.24, 2.45) is 0 Å². The zero-order valence-electron chi connectivity index (χ0n) is 13.1. The van der Waals surface area contributed by atoms with Gasteiger partial charge in [-0.3, -0.25) is 4.79 Å². The zero-order valence-corrected chi connectivity index (χ0v) is 13.1. The molecule has 0 saturated carbocycles. The van der Waals surface area contributed by atoms with Crippen LogP contribution in [0.5, 0.6) is 0 Å². The minimum Gasteiger partial charge on any atom is -0.396 e. The average molecular weight is 292 g/mol. The number of aliphatic hydroxyl groups is 1. The van der Waals surface area contributed by atoms with Crippen molar-refractivity contribution in [1.29, 1.82) is 0 Å². The number of hydrogen-bond acceptors (Lipinski definition) is 3.